The first-order valence-electron chi connectivity index (χ1n) is 7.29. The van der Waals surface area contributed by atoms with E-state index in [0.717, 1.165) is 12.0 Å². The number of benzene rings is 1. The number of rotatable bonds is 7. The summed E-state index contributed by atoms with van der Waals surface area (Å²) in [6.07, 6.45) is 4.28. The van der Waals surface area contributed by atoms with E-state index in [1.165, 1.54) is 13.2 Å². The van der Waals surface area contributed by atoms with Crippen LogP contribution in [-0.2, 0) is 14.3 Å². The molecule has 120 valence electrons. The minimum atomic E-state index is -0.317. The number of halogens is 1. The van der Waals surface area contributed by atoms with Crippen LogP contribution in [0.25, 0.3) is 6.08 Å². The highest BCUT2D eigenvalue weighted by Crippen LogP contribution is 2.12. The van der Waals surface area contributed by atoms with E-state index in [2.05, 4.69) is 4.74 Å². The van der Waals surface area contributed by atoms with Crippen LogP contribution in [0.5, 0.6) is 0 Å². The summed E-state index contributed by atoms with van der Waals surface area (Å²) in [5.41, 5.74) is 0.898. The second-order valence-electron chi connectivity index (χ2n) is 5.00. The third kappa shape index (κ3) is 5.90. The van der Waals surface area contributed by atoms with Gasteiger partial charge in [0.25, 0.3) is 0 Å². The lowest BCUT2D eigenvalue weighted by molar-refractivity contribution is -0.141. The number of methoxy groups -OCH3 is 1. The Hall–Kier alpha value is -1.81. The maximum Gasteiger partial charge on any atom is 0.307 e. The Labute approximate surface area is 136 Å². The molecule has 1 atom stereocenters. The predicted molar refractivity (Wildman–Crippen MR) is 88.6 cm³/mol. The Kier molecular flexibility index (Phi) is 7.67. The molecular weight excluding hydrogens is 302 g/mol. The van der Waals surface area contributed by atoms with E-state index < -0.39 is 0 Å². The van der Waals surface area contributed by atoms with Gasteiger partial charge in [-0.1, -0.05) is 30.7 Å². The summed E-state index contributed by atoms with van der Waals surface area (Å²) in [6, 6.07) is 7.29. The van der Waals surface area contributed by atoms with Crippen LogP contribution < -0.4 is 0 Å². The lowest BCUT2D eigenvalue weighted by Crippen LogP contribution is -2.38. The van der Waals surface area contributed by atoms with E-state index in [1.54, 1.807) is 23.1 Å². The van der Waals surface area contributed by atoms with Crippen molar-refractivity contribution in [2.24, 2.45) is 0 Å². The van der Waals surface area contributed by atoms with Crippen LogP contribution in [0.15, 0.2) is 30.3 Å². The van der Waals surface area contributed by atoms with Crippen LogP contribution in [0.1, 0.15) is 32.3 Å². The molecular formula is C17H22ClNO3. The molecule has 0 N–H and O–H groups in total. The third-order valence-electron chi connectivity index (χ3n) is 3.48. The van der Waals surface area contributed by atoms with E-state index >= 15 is 0 Å². The van der Waals surface area contributed by atoms with Crippen LogP contribution in [-0.4, -0.2) is 36.5 Å². The molecule has 0 spiro atoms. The monoisotopic (exact) mass is 323 g/mol. The normalized spacial score (nSPS) is 12.2. The van der Waals surface area contributed by atoms with Crippen LogP contribution >= 0.6 is 11.6 Å². The summed E-state index contributed by atoms with van der Waals surface area (Å²) in [6.45, 7) is 4.32. The summed E-state index contributed by atoms with van der Waals surface area (Å²) in [5.74, 6) is -0.434. The van der Waals surface area contributed by atoms with Crippen molar-refractivity contribution in [3.05, 3.63) is 40.9 Å². The largest absolute Gasteiger partial charge is 0.469 e. The van der Waals surface area contributed by atoms with Gasteiger partial charge in [0.1, 0.15) is 0 Å². The summed E-state index contributed by atoms with van der Waals surface area (Å²) in [5, 5.41) is 0.655. The standard InChI is InChI=1S/C17H22ClNO3/c1-4-13(2)19(12-11-17(21)22-3)16(20)10-7-14-5-8-15(18)9-6-14/h5-10,13H,4,11-12H2,1-3H3/b10-7+. The molecule has 1 rings (SSSR count). The number of amides is 1. The fourth-order valence-corrected chi connectivity index (χ4v) is 2.05. The molecule has 0 aliphatic heterocycles. The van der Waals surface area contributed by atoms with Crippen molar-refractivity contribution in [3.63, 3.8) is 0 Å². The van der Waals surface area contributed by atoms with E-state index in [1.807, 2.05) is 26.0 Å². The van der Waals surface area contributed by atoms with Crippen molar-refractivity contribution in [2.75, 3.05) is 13.7 Å². The van der Waals surface area contributed by atoms with Gasteiger partial charge in [-0.05, 0) is 37.1 Å². The minimum Gasteiger partial charge on any atom is -0.469 e. The van der Waals surface area contributed by atoms with Gasteiger partial charge in [-0.25, -0.2) is 0 Å². The second-order valence-corrected chi connectivity index (χ2v) is 5.44. The van der Waals surface area contributed by atoms with Crippen molar-refractivity contribution in [3.8, 4) is 0 Å². The van der Waals surface area contributed by atoms with Gasteiger partial charge in [0.05, 0.1) is 13.5 Å². The summed E-state index contributed by atoms with van der Waals surface area (Å²) in [4.78, 5) is 25.3. The first-order chi connectivity index (χ1) is 10.5. The molecule has 0 radical (unpaired) electrons. The summed E-state index contributed by atoms with van der Waals surface area (Å²) >= 11 is 5.83. The van der Waals surface area contributed by atoms with Gasteiger partial charge in [-0.15, -0.1) is 0 Å². The number of esters is 1. The topological polar surface area (TPSA) is 46.6 Å². The average Bonchev–Trinajstić information content (AvgIpc) is 2.53. The predicted octanol–water partition coefficient (Wildman–Crippen LogP) is 3.54. The molecule has 0 bridgehead atoms. The Morgan fingerprint density at radius 3 is 2.50 bits per heavy atom. The molecule has 0 aromatic heterocycles. The Balaban J connectivity index is 2.74. The maximum absolute atomic E-state index is 12.3. The molecule has 1 aromatic rings. The zero-order valence-electron chi connectivity index (χ0n) is 13.2. The molecule has 0 fully saturated rings. The molecule has 5 heteroatoms. The zero-order valence-corrected chi connectivity index (χ0v) is 14.0. The van der Waals surface area contributed by atoms with Crippen LogP contribution in [0.2, 0.25) is 5.02 Å². The number of nitrogens with zero attached hydrogens (tertiary/aromatic N) is 1. The molecule has 0 aliphatic carbocycles. The number of ether oxygens (including phenoxy) is 1. The van der Waals surface area contributed by atoms with Gasteiger partial charge in [-0.3, -0.25) is 9.59 Å². The molecule has 0 heterocycles. The molecule has 4 nitrogen and oxygen atoms in total. The average molecular weight is 324 g/mol. The van der Waals surface area contributed by atoms with Gasteiger partial charge in [-0.2, -0.15) is 0 Å². The van der Waals surface area contributed by atoms with E-state index in [-0.39, 0.29) is 24.3 Å². The highest BCUT2D eigenvalue weighted by molar-refractivity contribution is 6.30. The number of carbonyl (C=O) groups is 2. The SMILES string of the molecule is CCC(C)N(CCC(=O)OC)C(=O)/C=C/c1ccc(Cl)cc1. The minimum absolute atomic E-state index is 0.0621. The lowest BCUT2D eigenvalue weighted by atomic mass is 10.1. The molecule has 0 aliphatic rings. The van der Waals surface area contributed by atoms with Crippen LogP contribution in [0, 0.1) is 0 Å². The lowest BCUT2D eigenvalue weighted by Gasteiger charge is -2.27. The molecule has 1 unspecified atom stereocenters. The third-order valence-corrected chi connectivity index (χ3v) is 3.73. The van der Waals surface area contributed by atoms with Gasteiger partial charge in [0.2, 0.25) is 5.91 Å². The fourth-order valence-electron chi connectivity index (χ4n) is 1.92. The number of hydrogen-bond acceptors (Lipinski definition) is 3. The Morgan fingerprint density at radius 1 is 1.32 bits per heavy atom. The zero-order chi connectivity index (χ0) is 16.5. The highest BCUT2D eigenvalue weighted by atomic mass is 35.5. The number of hydrogen-bond donors (Lipinski definition) is 0. The quantitative estimate of drug-likeness (QED) is 0.569. The first-order valence-corrected chi connectivity index (χ1v) is 7.66. The maximum atomic E-state index is 12.3. The van der Waals surface area contributed by atoms with Gasteiger partial charge < -0.3 is 9.64 Å². The van der Waals surface area contributed by atoms with Crippen LogP contribution in [0.4, 0.5) is 0 Å². The first kappa shape index (κ1) is 18.2. The van der Waals surface area contributed by atoms with Crippen molar-refractivity contribution in [1.29, 1.82) is 0 Å². The second kappa shape index (κ2) is 9.26. The van der Waals surface area contributed by atoms with Crippen LogP contribution in [0.3, 0.4) is 0 Å². The van der Waals surface area contributed by atoms with Crippen molar-refractivity contribution in [2.45, 2.75) is 32.7 Å². The highest BCUT2D eigenvalue weighted by Gasteiger charge is 2.17. The molecule has 0 saturated carbocycles. The van der Waals surface area contributed by atoms with E-state index in [4.69, 9.17) is 11.6 Å². The van der Waals surface area contributed by atoms with Crippen molar-refractivity contribution < 1.29 is 14.3 Å². The Morgan fingerprint density at radius 2 is 1.95 bits per heavy atom. The molecule has 22 heavy (non-hydrogen) atoms. The smallest absolute Gasteiger partial charge is 0.307 e. The van der Waals surface area contributed by atoms with E-state index in [0.29, 0.717) is 11.6 Å². The van der Waals surface area contributed by atoms with E-state index in [9.17, 15) is 9.59 Å². The summed E-state index contributed by atoms with van der Waals surface area (Å²) < 4.78 is 4.63. The molecule has 0 saturated heterocycles. The van der Waals surface area contributed by atoms with Gasteiger partial charge in [0.15, 0.2) is 0 Å². The van der Waals surface area contributed by atoms with Crippen molar-refractivity contribution >= 4 is 29.6 Å². The van der Waals surface area contributed by atoms with Crippen molar-refractivity contribution in [1.82, 2.24) is 4.90 Å². The summed E-state index contributed by atoms with van der Waals surface area (Å²) in [7, 11) is 1.35. The van der Waals surface area contributed by atoms with Gasteiger partial charge in [0, 0.05) is 23.7 Å². The molecule has 1 aromatic carbocycles. The Bertz CT molecular complexity index is 525. The molecule has 1 amide bonds. The fraction of sp³-hybridized carbons (Fsp3) is 0.412. The number of carbonyl (C=O) groups excluding carboxylic acids is 2. The van der Waals surface area contributed by atoms with Gasteiger partial charge >= 0.3 is 5.97 Å².